The van der Waals surface area contributed by atoms with Crippen molar-refractivity contribution in [3.05, 3.63) is 41.5 Å². The first-order valence-corrected chi connectivity index (χ1v) is 7.76. The predicted molar refractivity (Wildman–Crippen MR) is 90.6 cm³/mol. The lowest BCUT2D eigenvalue weighted by Gasteiger charge is -2.12. The molecule has 0 fully saturated rings. The zero-order valence-corrected chi connectivity index (χ0v) is 13.1. The van der Waals surface area contributed by atoms with E-state index in [0.717, 1.165) is 12.0 Å². The summed E-state index contributed by atoms with van der Waals surface area (Å²) in [4.78, 5) is 11.8. The van der Waals surface area contributed by atoms with Crippen LogP contribution in [0.5, 0.6) is 5.75 Å². The van der Waals surface area contributed by atoms with Crippen molar-refractivity contribution in [1.29, 1.82) is 0 Å². The van der Waals surface area contributed by atoms with Gasteiger partial charge in [-0.05, 0) is 55.9 Å². The van der Waals surface area contributed by atoms with Gasteiger partial charge >= 0.3 is 0 Å². The van der Waals surface area contributed by atoms with Gasteiger partial charge in [0, 0.05) is 12.6 Å². The normalized spacial score (nSPS) is 14.7. The number of allylic oxidation sites excluding steroid dienone is 1. The third kappa shape index (κ3) is 4.95. The van der Waals surface area contributed by atoms with E-state index in [1.54, 1.807) is 25.3 Å². The minimum absolute atomic E-state index is 0.0780. The summed E-state index contributed by atoms with van der Waals surface area (Å²) < 4.78 is 5.10. The molecular formula is C18H24N2O2. The Hall–Kier alpha value is -2.23. The second kappa shape index (κ2) is 8.27. The molecule has 0 bridgehead atoms. The second-order valence-corrected chi connectivity index (χ2v) is 5.48. The summed E-state index contributed by atoms with van der Waals surface area (Å²) in [5.74, 6) is 0.563. The van der Waals surface area contributed by atoms with E-state index >= 15 is 0 Å². The molecule has 1 aromatic rings. The standard InChI is InChI=1S/C18H24N2O2/c1-22-17-9-7-15(13-16(17)19)8-10-18(21)20-12-11-14-5-3-2-4-6-14/h5,7-10,13H,2-4,6,11-12,19H2,1H3,(H,20,21)/b10-8-. The fraction of sp³-hybridized carbons (Fsp3) is 0.389. The molecule has 0 radical (unpaired) electrons. The zero-order chi connectivity index (χ0) is 15.8. The van der Waals surface area contributed by atoms with Crippen LogP contribution in [0.2, 0.25) is 0 Å². The van der Waals surface area contributed by atoms with Crippen LogP contribution in [0.25, 0.3) is 6.08 Å². The topological polar surface area (TPSA) is 64.3 Å². The summed E-state index contributed by atoms with van der Waals surface area (Å²) in [5.41, 5.74) is 8.75. The zero-order valence-electron chi connectivity index (χ0n) is 13.1. The number of benzene rings is 1. The van der Waals surface area contributed by atoms with E-state index in [4.69, 9.17) is 10.5 Å². The van der Waals surface area contributed by atoms with Gasteiger partial charge in [-0.15, -0.1) is 0 Å². The van der Waals surface area contributed by atoms with E-state index in [-0.39, 0.29) is 5.91 Å². The van der Waals surface area contributed by atoms with Gasteiger partial charge in [0.1, 0.15) is 5.75 Å². The van der Waals surface area contributed by atoms with Crippen LogP contribution < -0.4 is 15.8 Å². The Balaban J connectivity index is 1.78. The number of nitrogens with one attached hydrogen (secondary N) is 1. The number of amides is 1. The molecule has 3 N–H and O–H groups in total. The molecule has 0 saturated heterocycles. The summed E-state index contributed by atoms with van der Waals surface area (Å²) in [5, 5.41) is 2.91. The van der Waals surface area contributed by atoms with Crippen LogP contribution in [0.1, 0.15) is 37.7 Å². The molecule has 1 aromatic carbocycles. The van der Waals surface area contributed by atoms with Crippen molar-refractivity contribution in [3.63, 3.8) is 0 Å². The van der Waals surface area contributed by atoms with E-state index in [1.807, 2.05) is 6.07 Å². The highest BCUT2D eigenvalue weighted by Gasteiger charge is 2.04. The summed E-state index contributed by atoms with van der Waals surface area (Å²) >= 11 is 0. The van der Waals surface area contributed by atoms with Gasteiger partial charge in [0.15, 0.2) is 0 Å². The minimum Gasteiger partial charge on any atom is -0.495 e. The van der Waals surface area contributed by atoms with E-state index in [0.29, 0.717) is 18.0 Å². The lowest BCUT2D eigenvalue weighted by molar-refractivity contribution is -0.116. The Labute approximate surface area is 132 Å². The van der Waals surface area contributed by atoms with Gasteiger partial charge < -0.3 is 15.8 Å². The van der Waals surface area contributed by atoms with Crippen LogP contribution in [0.15, 0.2) is 35.9 Å². The summed E-state index contributed by atoms with van der Waals surface area (Å²) in [6, 6.07) is 5.45. The maximum atomic E-state index is 11.8. The van der Waals surface area contributed by atoms with Gasteiger partial charge in [0.2, 0.25) is 5.91 Å². The monoisotopic (exact) mass is 300 g/mol. The molecular weight excluding hydrogens is 276 g/mol. The number of ether oxygens (including phenoxy) is 1. The van der Waals surface area contributed by atoms with Crippen molar-refractivity contribution in [2.24, 2.45) is 0 Å². The first-order chi connectivity index (χ1) is 10.7. The van der Waals surface area contributed by atoms with Crippen molar-refractivity contribution < 1.29 is 9.53 Å². The number of rotatable bonds is 6. The molecule has 0 aliphatic heterocycles. The molecule has 0 aromatic heterocycles. The average Bonchev–Trinajstić information content (AvgIpc) is 2.54. The maximum absolute atomic E-state index is 11.8. The van der Waals surface area contributed by atoms with Crippen molar-refractivity contribution in [1.82, 2.24) is 5.32 Å². The van der Waals surface area contributed by atoms with Crippen molar-refractivity contribution >= 4 is 17.7 Å². The van der Waals surface area contributed by atoms with Gasteiger partial charge in [0.25, 0.3) is 0 Å². The Morgan fingerprint density at radius 1 is 1.41 bits per heavy atom. The predicted octanol–water partition coefficient (Wildman–Crippen LogP) is 3.30. The van der Waals surface area contributed by atoms with Crippen molar-refractivity contribution in [3.8, 4) is 5.75 Å². The number of anilines is 1. The molecule has 4 heteroatoms. The molecule has 2 rings (SSSR count). The second-order valence-electron chi connectivity index (χ2n) is 5.48. The number of hydrogen-bond donors (Lipinski definition) is 2. The minimum atomic E-state index is -0.0780. The number of methoxy groups -OCH3 is 1. The highest BCUT2D eigenvalue weighted by atomic mass is 16.5. The third-order valence-electron chi connectivity index (χ3n) is 3.81. The largest absolute Gasteiger partial charge is 0.495 e. The molecule has 0 atom stereocenters. The van der Waals surface area contributed by atoms with Gasteiger partial charge in [-0.1, -0.05) is 17.7 Å². The number of hydrogen-bond acceptors (Lipinski definition) is 3. The quantitative estimate of drug-likeness (QED) is 0.481. The number of carbonyl (C=O) groups excluding carboxylic acids is 1. The lowest BCUT2D eigenvalue weighted by Crippen LogP contribution is -2.22. The highest BCUT2D eigenvalue weighted by Crippen LogP contribution is 2.22. The third-order valence-corrected chi connectivity index (χ3v) is 3.81. The summed E-state index contributed by atoms with van der Waals surface area (Å²) in [7, 11) is 1.58. The molecule has 0 saturated carbocycles. The molecule has 1 aliphatic rings. The Kier molecular flexibility index (Phi) is 6.07. The highest BCUT2D eigenvalue weighted by molar-refractivity contribution is 5.91. The van der Waals surface area contributed by atoms with Gasteiger partial charge in [-0.25, -0.2) is 0 Å². The van der Waals surface area contributed by atoms with E-state index < -0.39 is 0 Å². The fourth-order valence-electron chi connectivity index (χ4n) is 2.57. The van der Waals surface area contributed by atoms with E-state index in [2.05, 4.69) is 11.4 Å². The average molecular weight is 300 g/mol. The smallest absolute Gasteiger partial charge is 0.244 e. The van der Waals surface area contributed by atoms with Crippen LogP contribution in [0.3, 0.4) is 0 Å². The first-order valence-electron chi connectivity index (χ1n) is 7.76. The van der Waals surface area contributed by atoms with Crippen LogP contribution >= 0.6 is 0 Å². The number of carbonyl (C=O) groups is 1. The van der Waals surface area contributed by atoms with E-state index in [9.17, 15) is 4.79 Å². The molecule has 0 spiro atoms. The van der Waals surface area contributed by atoms with Crippen LogP contribution in [0, 0.1) is 0 Å². The van der Waals surface area contributed by atoms with Crippen molar-refractivity contribution in [2.45, 2.75) is 32.1 Å². The molecule has 4 nitrogen and oxygen atoms in total. The number of nitrogens with two attached hydrogens (primary N) is 1. The maximum Gasteiger partial charge on any atom is 0.244 e. The lowest BCUT2D eigenvalue weighted by atomic mass is 9.97. The van der Waals surface area contributed by atoms with Crippen LogP contribution in [-0.2, 0) is 4.79 Å². The van der Waals surface area contributed by atoms with Crippen molar-refractivity contribution in [2.75, 3.05) is 19.4 Å². The summed E-state index contributed by atoms with van der Waals surface area (Å²) in [6.45, 7) is 0.694. The van der Waals surface area contributed by atoms with E-state index in [1.165, 1.54) is 37.3 Å². The van der Waals surface area contributed by atoms with Gasteiger partial charge in [0.05, 0.1) is 12.8 Å². The van der Waals surface area contributed by atoms with Crippen LogP contribution in [0.4, 0.5) is 5.69 Å². The van der Waals surface area contributed by atoms with Crippen LogP contribution in [-0.4, -0.2) is 19.6 Å². The molecule has 118 valence electrons. The molecule has 0 heterocycles. The first kappa shape index (κ1) is 16.1. The van der Waals surface area contributed by atoms with Gasteiger partial charge in [-0.3, -0.25) is 4.79 Å². The van der Waals surface area contributed by atoms with Gasteiger partial charge in [-0.2, -0.15) is 0 Å². The number of nitrogen functional groups attached to an aromatic ring is 1. The fourth-order valence-corrected chi connectivity index (χ4v) is 2.57. The Morgan fingerprint density at radius 2 is 2.27 bits per heavy atom. The molecule has 1 aliphatic carbocycles. The molecule has 0 unspecified atom stereocenters. The SMILES string of the molecule is COc1ccc(/C=C\C(=O)NCCC2=CCCCC2)cc1N. The molecule has 22 heavy (non-hydrogen) atoms. The molecule has 1 amide bonds. The Morgan fingerprint density at radius 3 is 2.95 bits per heavy atom. The Bertz CT molecular complexity index is 576. The summed E-state index contributed by atoms with van der Waals surface area (Å²) in [6.07, 6.45) is 11.5.